The van der Waals surface area contributed by atoms with E-state index in [4.69, 9.17) is 0 Å². The molecular formula is C17H22FN3O5S. The van der Waals surface area contributed by atoms with Crippen molar-refractivity contribution in [2.24, 2.45) is 7.05 Å². The first kappa shape index (κ1) is 20.7. The molecule has 4 N–H and O–H groups in total. The number of amides is 1. The number of phenols is 2. The average molecular weight is 399 g/mol. The van der Waals surface area contributed by atoms with Crippen molar-refractivity contribution in [3.8, 4) is 11.5 Å². The Morgan fingerprint density at radius 3 is 2.37 bits per heavy atom. The summed E-state index contributed by atoms with van der Waals surface area (Å²) >= 11 is 0. The predicted molar refractivity (Wildman–Crippen MR) is 97.9 cm³/mol. The average Bonchev–Trinajstić information content (AvgIpc) is 2.90. The topological polar surface area (TPSA) is 121 Å². The molecular weight excluding hydrogens is 377 g/mol. The molecule has 0 aliphatic heterocycles. The monoisotopic (exact) mass is 399 g/mol. The van der Waals surface area contributed by atoms with Crippen LogP contribution in [-0.2, 0) is 17.1 Å². The van der Waals surface area contributed by atoms with Gasteiger partial charge in [0.25, 0.3) is 5.91 Å². The summed E-state index contributed by atoms with van der Waals surface area (Å²) in [5, 5.41) is 22.0. The van der Waals surface area contributed by atoms with E-state index in [1.54, 1.807) is 20.8 Å². The van der Waals surface area contributed by atoms with Gasteiger partial charge in [-0.05, 0) is 33.8 Å². The normalized spacial score (nSPS) is 12.2. The van der Waals surface area contributed by atoms with Crippen molar-refractivity contribution in [1.82, 2.24) is 9.29 Å². The SMILES string of the molecule is Cc1c(F)cc(O)c(NC(=O)c2cc(S(=O)(=O)NC(C)(C)C)cn2C)c1O. The van der Waals surface area contributed by atoms with Crippen LogP contribution in [0.2, 0.25) is 0 Å². The van der Waals surface area contributed by atoms with E-state index in [9.17, 15) is 27.8 Å². The number of nitrogens with zero attached hydrogens (tertiary/aromatic N) is 1. The van der Waals surface area contributed by atoms with Gasteiger partial charge >= 0.3 is 0 Å². The Morgan fingerprint density at radius 1 is 1.22 bits per heavy atom. The minimum Gasteiger partial charge on any atom is -0.506 e. The lowest BCUT2D eigenvalue weighted by Gasteiger charge is -2.19. The van der Waals surface area contributed by atoms with Crippen molar-refractivity contribution in [3.63, 3.8) is 0 Å². The molecule has 27 heavy (non-hydrogen) atoms. The number of aromatic nitrogens is 1. The van der Waals surface area contributed by atoms with Crippen molar-refractivity contribution in [3.05, 3.63) is 35.4 Å². The molecule has 0 radical (unpaired) electrons. The molecule has 2 rings (SSSR count). The van der Waals surface area contributed by atoms with Crippen molar-refractivity contribution in [1.29, 1.82) is 0 Å². The summed E-state index contributed by atoms with van der Waals surface area (Å²) in [6.45, 7) is 6.34. The lowest BCUT2D eigenvalue weighted by Crippen LogP contribution is -2.40. The Balaban J connectivity index is 2.37. The molecule has 1 aromatic heterocycles. The van der Waals surface area contributed by atoms with Gasteiger partial charge in [-0.3, -0.25) is 4.79 Å². The predicted octanol–water partition coefficient (Wildman–Crippen LogP) is 2.21. The number of anilines is 1. The molecule has 0 bridgehead atoms. The summed E-state index contributed by atoms with van der Waals surface area (Å²) in [5.41, 5.74) is -1.25. The molecule has 1 amide bonds. The number of aromatic hydroxyl groups is 2. The van der Waals surface area contributed by atoms with Crippen LogP contribution in [0.1, 0.15) is 36.8 Å². The number of hydrogen-bond acceptors (Lipinski definition) is 5. The van der Waals surface area contributed by atoms with E-state index in [-0.39, 0.29) is 21.8 Å². The molecule has 1 aromatic carbocycles. The maximum absolute atomic E-state index is 13.5. The fraction of sp³-hybridized carbons (Fsp3) is 0.353. The first-order chi connectivity index (χ1) is 12.2. The molecule has 8 nitrogen and oxygen atoms in total. The third-order valence-corrected chi connectivity index (χ3v) is 5.40. The molecule has 1 heterocycles. The zero-order valence-corrected chi connectivity index (χ0v) is 16.4. The Hall–Kier alpha value is -2.59. The first-order valence-electron chi connectivity index (χ1n) is 7.95. The number of sulfonamides is 1. The van der Waals surface area contributed by atoms with Crippen LogP contribution in [0.4, 0.5) is 10.1 Å². The molecule has 0 saturated carbocycles. The molecule has 0 unspecified atom stereocenters. The van der Waals surface area contributed by atoms with E-state index in [1.807, 2.05) is 0 Å². The number of carbonyl (C=O) groups excluding carboxylic acids is 1. The van der Waals surface area contributed by atoms with Crippen molar-refractivity contribution >= 4 is 21.6 Å². The van der Waals surface area contributed by atoms with Gasteiger partial charge in [-0.2, -0.15) is 0 Å². The highest BCUT2D eigenvalue weighted by atomic mass is 32.2. The number of halogens is 1. The molecule has 0 atom stereocenters. The number of carbonyl (C=O) groups is 1. The second-order valence-corrected chi connectivity index (χ2v) is 8.89. The first-order valence-corrected chi connectivity index (χ1v) is 9.44. The van der Waals surface area contributed by atoms with Crippen LogP contribution < -0.4 is 10.0 Å². The molecule has 0 spiro atoms. The maximum Gasteiger partial charge on any atom is 0.272 e. The Morgan fingerprint density at radius 2 is 1.81 bits per heavy atom. The van der Waals surface area contributed by atoms with Gasteiger partial charge in [0.2, 0.25) is 10.0 Å². The number of rotatable bonds is 4. The van der Waals surface area contributed by atoms with Crippen LogP contribution in [0.5, 0.6) is 11.5 Å². The van der Waals surface area contributed by atoms with Crippen molar-refractivity contribution in [2.45, 2.75) is 38.1 Å². The van der Waals surface area contributed by atoms with E-state index in [0.717, 1.165) is 12.1 Å². The summed E-state index contributed by atoms with van der Waals surface area (Å²) < 4.78 is 42.1. The molecule has 10 heteroatoms. The van der Waals surface area contributed by atoms with Crippen LogP contribution in [-0.4, -0.2) is 34.6 Å². The van der Waals surface area contributed by atoms with Gasteiger partial charge in [0, 0.05) is 30.4 Å². The Labute approximate surface area is 156 Å². The summed E-state index contributed by atoms with van der Waals surface area (Å²) in [6.07, 6.45) is 1.26. The smallest absolute Gasteiger partial charge is 0.272 e. The third kappa shape index (κ3) is 4.40. The number of phenolic OH excluding ortho intramolecular Hbond substituents is 2. The third-order valence-electron chi connectivity index (χ3n) is 3.67. The van der Waals surface area contributed by atoms with Crippen molar-refractivity contribution in [2.75, 3.05) is 5.32 Å². The van der Waals surface area contributed by atoms with Crippen LogP contribution >= 0.6 is 0 Å². The summed E-state index contributed by atoms with van der Waals surface area (Å²) in [4.78, 5) is 12.4. The van der Waals surface area contributed by atoms with Crippen LogP contribution in [0.25, 0.3) is 0 Å². The molecule has 0 saturated heterocycles. The maximum atomic E-state index is 13.5. The molecule has 0 aliphatic carbocycles. The highest BCUT2D eigenvalue weighted by Crippen LogP contribution is 2.37. The largest absolute Gasteiger partial charge is 0.506 e. The lowest BCUT2D eigenvalue weighted by molar-refractivity contribution is 0.101. The fourth-order valence-electron chi connectivity index (χ4n) is 2.39. The Kier molecular flexibility index (Phi) is 5.26. The van der Waals surface area contributed by atoms with Crippen LogP contribution in [0.3, 0.4) is 0 Å². The van der Waals surface area contributed by atoms with Gasteiger partial charge in [-0.25, -0.2) is 17.5 Å². The highest BCUT2D eigenvalue weighted by Gasteiger charge is 2.26. The van der Waals surface area contributed by atoms with Gasteiger partial charge in [0.1, 0.15) is 33.6 Å². The summed E-state index contributed by atoms with van der Waals surface area (Å²) in [5.74, 6) is -2.88. The minimum absolute atomic E-state index is 0.0370. The molecule has 2 aromatic rings. The molecule has 0 fully saturated rings. The molecule has 0 aliphatic rings. The van der Waals surface area contributed by atoms with E-state index >= 15 is 0 Å². The van der Waals surface area contributed by atoms with Gasteiger partial charge in [0.15, 0.2) is 0 Å². The fourth-order valence-corrected chi connectivity index (χ4v) is 3.88. The number of hydrogen-bond donors (Lipinski definition) is 4. The lowest BCUT2D eigenvalue weighted by atomic mass is 10.1. The van der Waals surface area contributed by atoms with Gasteiger partial charge < -0.3 is 20.1 Å². The zero-order chi connectivity index (χ0) is 20.7. The molecule has 148 valence electrons. The second-order valence-electron chi connectivity index (χ2n) is 7.21. The van der Waals surface area contributed by atoms with E-state index in [1.165, 1.54) is 24.7 Å². The Bertz CT molecular complexity index is 1010. The van der Waals surface area contributed by atoms with Crippen molar-refractivity contribution < 1.29 is 27.8 Å². The summed E-state index contributed by atoms with van der Waals surface area (Å²) in [7, 11) is -2.38. The number of nitrogens with one attached hydrogen (secondary N) is 2. The highest BCUT2D eigenvalue weighted by molar-refractivity contribution is 7.89. The number of aryl methyl sites for hydroxylation is 1. The zero-order valence-electron chi connectivity index (χ0n) is 15.6. The van der Waals surface area contributed by atoms with Gasteiger partial charge in [0.05, 0.1) is 0 Å². The van der Waals surface area contributed by atoms with Crippen LogP contribution in [0, 0.1) is 12.7 Å². The summed E-state index contributed by atoms with van der Waals surface area (Å²) in [6, 6.07) is 1.92. The van der Waals surface area contributed by atoms with E-state index in [2.05, 4.69) is 10.0 Å². The van der Waals surface area contributed by atoms with E-state index in [0.29, 0.717) is 0 Å². The van der Waals surface area contributed by atoms with Crippen LogP contribution in [0.15, 0.2) is 23.2 Å². The minimum atomic E-state index is -3.85. The van der Waals surface area contributed by atoms with Gasteiger partial charge in [-0.1, -0.05) is 0 Å². The van der Waals surface area contributed by atoms with Gasteiger partial charge in [-0.15, -0.1) is 0 Å². The van der Waals surface area contributed by atoms with E-state index < -0.39 is 38.8 Å². The standard InChI is InChI=1S/C17H22FN3O5S/c1-9-11(18)7-13(22)14(15(9)23)19-16(24)12-6-10(8-21(12)5)27(25,26)20-17(2,3)4/h6-8,20,22-23H,1-5H3,(H,19,24). The number of benzene rings is 1. The quantitative estimate of drug-likeness (QED) is 0.588. The second kappa shape index (κ2) is 6.86.